The number of imidazole rings is 1. The Morgan fingerprint density at radius 1 is 1.10 bits per heavy atom. The minimum Gasteiger partial charge on any atom is -0.338 e. The molecular formula is C23H21ClF3N3O. The summed E-state index contributed by atoms with van der Waals surface area (Å²) in [5.41, 5.74) is -0.0746. The van der Waals surface area contributed by atoms with Gasteiger partial charge in [0, 0.05) is 34.6 Å². The lowest BCUT2D eigenvalue weighted by atomic mass is 9.99. The van der Waals surface area contributed by atoms with Crippen LogP contribution in [0.3, 0.4) is 0 Å². The molecule has 0 spiro atoms. The Balaban J connectivity index is 1.79. The first kappa shape index (κ1) is 21.4. The van der Waals surface area contributed by atoms with E-state index in [1.165, 1.54) is 0 Å². The lowest BCUT2D eigenvalue weighted by Gasteiger charge is -2.29. The highest BCUT2D eigenvalue weighted by molar-refractivity contribution is 6.30. The summed E-state index contributed by atoms with van der Waals surface area (Å²) < 4.78 is 41.8. The first-order valence-electron chi connectivity index (χ1n) is 9.89. The molecule has 0 aliphatic heterocycles. The summed E-state index contributed by atoms with van der Waals surface area (Å²) >= 11 is 5.99. The first-order chi connectivity index (χ1) is 14.5. The van der Waals surface area contributed by atoms with Crippen molar-refractivity contribution in [2.24, 2.45) is 0 Å². The molecule has 3 aromatic rings. The van der Waals surface area contributed by atoms with Crippen LogP contribution in [0.25, 0.3) is 16.8 Å². The van der Waals surface area contributed by atoms with E-state index < -0.39 is 17.6 Å². The van der Waals surface area contributed by atoms with Gasteiger partial charge >= 0.3 is 6.18 Å². The fourth-order valence-electron chi connectivity index (χ4n) is 3.29. The summed E-state index contributed by atoms with van der Waals surface area (Å²) in [6, 6.07) is 12.1. The Bertz CT molecular complexity index is 1120. The predicted octanol–water partition coefficient (Wildman–Crippen LogP) is 6.14. The molecule has 162 valence electrons. The molecule has 1 amide bonds. The largest absolute Gasteiger partial charge is 0.410 e. The number of nitrogens with zero attached hydrogens (tertiary/aromatic N) is 2. The fraction of sp³-hybridized carbons (Fsp3) is 0.304. The molecule has 31 heavy (non-hydrogen) atoms. The van der Waals surface area contributed by atoms with Gasteiger partial charge in [0.15, 0.2) is 0 Å². The van der Waals surface area contributed by atoms with Gasteiger partial charge in [0.25, 0.3) is 5.91 Å². The average Bonchev–Trinajstić information content (AvgIpc) is 3.43. The molecule has 1 saturated carbocycles. The number of amides is 1. The van der Waals surface area contributed by atoms with Gasteiger partial charge in [0.1, 0.15) is 11.4 Å². The Morgan fingerprint density at radius 3 is 2.39 bits per heavy atom. The number of nitrogens with one attached hydrogen (secondary N) is 1. The molecule has 4 nitrogen and oxygen atoms in total. The molecule has 4 rings (SSSR count). The van der Waals surface area contributed by atoms with Gasteiger partial charge in [-0.2, -0.15) is 13.2 Å². The minimum atomic E-state index is -4.58. The van der Waals surface area contributed by atoms with Crippen LogP contribution in [0.15, 0.2) is 54.9 Å². The molecule has 8 heteroatoms. The number of hydrogen-bond donors (Lipinski definition) is 1. The van der Waals surface area contributed by atoms with Crippen molar-refractivity contribution in [2.75, 3.05) is 0 Å². The van der Waals surface area contributed by atoms with Crippen molar-refractivity contribution in [2.45, 2.75) is 44.3 Å². The minimum absolute atomic E-state index is 0.134. The maximum Gasteiger partial charge on any atom is 0.410 e. The van der Waals surface area contributed by atoms with E-state index in [9.17, 15) is 18.0 Å². The monoisotopic (exact) mass is 447 g/mol. The number of aromatic nitrogens is 2. The average molecular weight is 448 g/mol. The molecule has 0 saturated heterocycles. The van der Waals surface area contributed by atoms with Gasteiger partial charge in [-0.3, -0.25) is 4.79 Å². The van der Waals surface area contributed by atoms with Crippen LogP contribution < -0.4 is 5.32 Å². The second kappa shape index (κ2) is 7.71. The van der Waals surface area contributed by atoms with E-state index in [0.29, 0.717) is 22.2 Å². The molecule has 2 aromatic carbocycles. The van der Waals surface area contributed by atoms with Crippen molar-refractivity contribution in [1.29, 1.82) is 0 Å². The lowest BCUT2D eigenvalue weighted by Crippen LogP contribution is -2.54. The third-order valence-electron chi connectivity index (χ3n) is 5.38. The van der Waals surface area contributed by atoms with Gasteiger partial charge in [0.2, 0.25) is 0 Å². The van der Waals surface area contributed by atoms with E-state index in [4.69, 9.17) is 11.6 Å². The molecule has 0 bridgehead atoms. The molecule has 0 unspecified atom stereocenters. The molecular weight excluding hydrogens is 427 g/mol. The van der Waals surface area contributed by atoms with Crippen LogP contribution in [0, 0.1) is 0 Å². The normalized spacial score (nSPS) is 14.5. The molecule has 0 atom stereocenters. The van der Waals surface area contributed by atoms with Gasteiger partial charge in [-0.05, 0) is 68.1 Å². The van der Waals surface area contributed by atoms with Crippen molar-refractivity contribution < 1.29 is 18.0 Å². The van der Waals surface area contributed by atoms with E-state index in [2.05, 4.69) is 10.3 Å². The number of halogens is 4. The number of benzene rings is 2. The molecule has 0 radical (unpaired) electrons. The van der Waals surface area contributed by atoms with Crippen LogP contribution in [-0.4, -0.2) is 27.2 Å². The Morgan fingerprint density at radius 2 is 1.77 bits per heavy atom. The molecule has 1 N–H and O–H groups in total. The van der Waals surface area contributed by atoms with Crippen molar-refractivity contribution in [3.8, 4) is 16.8 Å². The SMILES string of the molecule is CC(C)(NC(=O)c1cc(-c2ccc(Cl)cc2)cc(-n2ccnc2C2CC2)c1)C(F)(F)F. The van der Waals surface area contributed by atoms with Crippen LogP contribution in [0.1, 0.15) is 48.8 Å². The number of alkyl halides is 3. The third kappa shape index (κ3) is 4.46. The van der Waals surface area contributed by atoms with E-state index in [1.54, 1.807) is 48.8 Å². The summed E-state index contributed by atoms with van der Waals surface area (Å²) in [5, 5.41) is 2.68. The summed E-state index contributed by atoms with van der Waals surface area (Å²) in [7, 11) is 0. The predicted molar refractivity (Wildman–Crippen MR) is 114 cm³/mol. The van der Waals surface area contributed by atoms with Gasteiger partial charge in [-0.25, -0.2) is 4.98 Å². The summed E-state index contributed by atoms with van der Waals surface area (Å²) in [6.45, 7) is 1.88. The standard InChI is InChI=1S/C23H21ClF3N3O/c1-22(2,23(25,26)27)29-21(31)17-11-16(14-5-7-18(24)8-6-14)12-19(13-17)30-10-9-28-20(30)15-3-4-15/h5-13,15H,3-4H2,1-2H3,(H,29,31). The Kier molecular flexibility index (Phi) is 5.33. The highest BCUT2D eigenvalue weighted by atomic mass is 35.5. The van der Waals surface area contributed by atoms with Crippen molar-refractivity contribution >= 4 is 17.5 Å². The second-order valence-corrected chi connectivity index (χ2v) is 8.72. The Hall–Kier alpha value is -2.80. The molecule has 1 aliphatic rings. The number of carbonyl (C=O) groups is 1. The van der Waals surface area contributed by atoms with Gasteiger partial charge in [0.05, 0.1) is 0 Å². The molecule has 1 aromatic heterocycles. The summed E-state index contributed by atoms with van der Waals surface area (Å²) in [6.07, 6.45) is 0.996. The topological polar surface area (TPSA) is 46.9 Å². The highest BCUT2D eigenvalue weighted by Crippen LogP contribution is 2.40. The van der Waals surface area contributed by atoms with E-state index in [1.807, 2.05) is 10.6 Å². The van der Waals surface area contributed by atoms with Crippen LogP contribution in [0.5, 0.6) is 0 Å². The summed E-state index contributed by atoms with van der Waals surface area (Å²) in [4.78, 5) is 17.3. The van der Waals surface area contributed by atoms with Crippen LogP contribution in [0.2, 0.25) is 5.02 Å². The number of rotatable bonds is 5. The molecule has 1 aliphatic carbocycles. The fourth-order valence-corrected chi connectivity index (χ4v) is 3.42. The van der Waals surface area contributed by atoms with Gasteiger partial charge < -0.3 is 9.88 Å². The van der Waals surface area contributed by atoms with Crippen LogP contribution in [-0.2, 0) is 0 Å². The van der Waals surface area contributed by atoms with E-state index in [-0.39, 0.29) is 5.56 Å². The maximum absolute atomic E-state index is 13.3. The van der Waals surface area contributed by atoms with Gasteiger partial charge in [-0.1, -0.05) is 23.7 Å². The third-order valence-corrected chi connectivity index (χ3v) is 5.63. The zero-order chi connectivity index (χ0) is 22.4. The van der Waals surface area contributed by atoms with E-state index in [0.717, 1.165) is 38.1 Å². The van der Waals surface area contributed by atoms with Crippen molar-refractivity contribution in [3.05, 3.63) is 71.3 Å². The highest BCUT2D eigenvalue weighted by Gasteiger charge is 2.48. The molecule has 1 heterocycles. The number of hydrogen-bond acceptors (Lipinski definition) is 2. The Labute approximate surface area is 183 Å². The molecule has 1 fully saturated rings. The van der Waals surface area contributed by atoms with Crippen LogP contribution >= 0.6 is 11.6 Å². The number of carbonyl (C=O) groups excluding carboxylic acids is 1. The second-order valence-electron chi connectivity index (χ2n) is 8.28. The van der Waals surface area contributed by atoms with Crippen LogP contribution in [0.4, 0.5) is 13.2 Å². The first-order valence-corrected chi connectivity index (χ1v) is 10.3. The summed E-state index contributed by atoms with van der Waals surface area (Å²) in [5.74, 6) is 0.443. The van der Waals surface area contributed by atoms with Crippen molar-refractivity contribution in [3.63, 3.8) is 0 Å². The maximum atomic E-state index is 13.3. The zero-order valence-corrected chi connectivity index (χ0v) is 17.8. The zero-order valence-electron chi connectivity index (χ0n) is 17.0. The lowest BCUT2D eigenvalue weighted by molar-refractivity contribution is -0.182. The smallest absolute Gasteiger partial charge is 0.338 e. The van der Waals surface area contributed by atoms with Crippen molar-refractivity contribution in [1.82, 2.24) is 14.9 Å². The van der Waals surface area contributed by atoms with E-state index >= 15 is 0 Å². The van der Waals surface area contributed by atoms with Gasteiger partial charge in [-0.15, -0.1) is 0 Å². The quantitative estimate of drug-likeness (QED) is 0.510.